The van der Waals surface area contributed by atoms with Crippen LogP contribution in [0, 0.1) is 0 Å². The van der Waals surface area contributed by atoms with Gasteiger partial charge in [0.25, 0.3) is 0 Å². The van der Waals surface area contributed by atoms with Gasteiger partial charge in [0, 0.05) is 11.6 Å². The van der Waals surface area contributed by atoms with E-state index >= 15 is 0 Å². The minimum Gasteiger partial charge on any atom is -0.465 e. The third-order valence-corrected chi connectivity index (χ3v) is 2.70. The van der Waals surface area contributed by atoms with Gasteiger partial charge in [0.1, 0.15) is 0 Å². The van der Waals surface area contributed by atoms with Crippen molar-refractivity contribution in [2.75, 3.05) is 12.8 Å². The zero-order chi connectivity index (χ0) is 11.7. The highest BCUT2D eigenvalue weighted by Crippen LogP contribution is 2.31. The summed E-state index contributed by atoms with van der Waals surface area (Å²) >= 11 is 6.06. The standard InChI is InChI=1S/C11H9ClN2O2/c1-16-11(15)7-5-8-6(3-2-4-14-8)9(12)10(7)13/h2-5H,13H2,1H3. The van der Waals surface area contributed by atoms with E-state index in [4.69, 9.17) is 17.3 Å². The number of hydrogen-bond acceptors (Lipinski definition) is 4. The molecule has 4 nitrogen and oxygen atoms in total. The summed E-state index contributed by atoms with van der Waals surface area (Å²) in [4.78, 5) is 15.6. The number of esters is 1. The van der Waals surface area contributed by atoms with Crippen LogP contribution in [0.3, 0.4) is 0 Å². The number of methoxy groups -OCH3 is 1. The number of nitrogens with two attached hydrogens (primary N) is 1. The number of nitrogens with zero attached hydrogens (tertiary/aromatic N) is 1. The van der Waals surface area contributed by atoms with Crippen LogP contribution in [0.15, 0.2) is 24.4 Å². The third kappa shape index (κ3) is 1.57. The molecule has 2 rings (SSSR count). The topological polar surface area (TPSA) is 65.2 Å². The highest BCUT2D eigenvalue weighted by Gasteiger charge is 2.15. The Labute approximate surface area is 97.0 Å². The van der Waals surface area contributed by atoms with Gasteiger partial charge in [-0.2, -0.15) is 0 Å². The van der Waals surface area contributed by atoms with Crippen molar-refractivity contribution in [1.29, 1.82) is 0 Å². The number of aromatic nitrogens is 1. The lowest BCUT2D eigenvalue weighted by atomic mass is 10.1. The number of fused-ring (bicyclic) bond motifs is 1. The Morgan fingerprint density at radius 1 is 1.56 bits per heavy atom. The molecule has 0 radical (unpaired) electrons. The van der Waals surface area contributed by atoms with Crippen LogP contribution in [-0.4, -0.2) is 18.1 Å². The highest BCUT2D eigenvalue weighted by molar-refractivity contribution is 6.38. The van der Waals surface area contributed by atoms with E-state index in [9.17, 15) is 4.79 Å². The van der Waals surface area contributed by atoms with E-state index in [2.05, 4.69) is 9.72 Å². The smallest absolute Gasteiger partial charge is 0.340 e. The summed E-state index contributed by atoms with van der Waals surface area (Å²) in [5.41, 5.74) is 6.83. The summed E-state index contributed by atoms with van der Waals surface area (Å²) in [6.07, 6.45) is 1.62. The van der Waals surface area contributed by atoms with Crippen LogP contribution in [0.4, 0.5) is 5.69 Å². The molecule has 0 fully saturated rings. The summed E-state index contributed by atoms with van der Waals surface area (Å²) < 4.78 is 4.62. The van der Waals surface area contributed by atoms with Gasteiger partial charge in [-0.05, 0) is 18.2 Å². The summed E-state index contributed by atoms with van der Waals surface area (Å²) in [6, 6.07) is 5.12. The molecule has 0 aliphatic rings. The van der Waals surface area contributed by atoms with Crippen molar-refractivity contribution in [2.45, 2.75) is 0 Å². The zero-order valence-electron chi connectivity index (χ0n) is 8.53. The molecule has 0 aliphatic heterocycles. The maximum Gasteiger partial charge on any atom is 0.340 e. The molecule has 0 unspecified atom stereocenters. The number of halogens is 1. The summed E-state index contributed by atoms with van der Waals surface area (Å²) in [5, 5.41) is 1.04. The Morgan fingerprint density at radius 3 is 3.00 bits per heavy atom. The first-order valence-corrected chi connectivity index (χ1v) is 4.94. The van der Waals surface area contributed by atoms with E-state index in [1.54, 1.807) is 24.4 Å². The van der Waals surface area contributed by atoms with E-state index in [1.165, 1.54) is 7.11 Å². The van der Waals surface area contributed by atoms with Crippen molar-refractivity contribution in [3.8, 4) is 0 Å². The van der Waals surface area contributed by atoms with Crippen LogP contribution in [0.25, 0.3) is 10.9 Å². The molecular formula is C11H9ClN2O2. The van der Waals surface area contributed by atoms with E-state index in [0.29, 0.717) is 15.9 Å². The summed E-state index contributed by atoms with van der Waals surface area (Å²) in [7, 11) is 1.29. The lowest BCUT2D eigenvalue weighted by Gasteiger charge is -2.08. The predicted molar refractivity (Wildman–Crippen MR) is 62.5 cm³/mol. The molecule has 82 valence electrons. The quantitative estimate of drug-likeness (QED) is 0.609. The number of carbonyl (C=O) groups excluding carboxylic acids is 1. The SMILES string of the molecule is COC(=O)c1cc2ncccc2c(Cl)c1N. The van der Waals surface area contributed by atoms with Crippen molar-refractivity contribution in [3.63, 3.8) is 0 Å². The van der Waals surface area contributed by atoms with Crippen LogP contribution in [0.5, 0.6) is 0 Å². The molecule has 1 aromatic heterocycles. The summed E-state index contributed by atoms with van der Waals surface area (Å²) in [6.45, 7) is 0. The van der Waals surface area contributed by atoms with Gasteiger partial charge in [-0.25, -0.2) is 4.79 Å². The first kappa shape index (κ1) is 10.7. The molecule has 0 saturated heterocycles. The number of hydrogen-bond donors (Lipinski definition) is 1. The van der Waals surface area contributed by atoms with Crippen molar-refractivity contribution in [3.05, 3.63) is 35.0 Å². The van der Waals surface area contributed by atoms with E-state index < -0.39 is 5.97 Å². The number of rotatable bonds is 1. The fraction of sp³-hybridized carbons (Fsp3) is 0.0909. The largest absolute Gasteiger partial charge is 0.465 e. The molecular weight excluding hydrogens is 228 g/mol. The van der Waals surface area contributed by atoms with Gasteiger partial charge in [0.05, 0.1) is 28.9 Å². The Hall–Kier alpha value is -1.81. The molecule has 0 aliphatic carbocycles. The van der Waals surface area contributed by atoms with Crippen LogP contribution in [-0.2, 0) is 4.74 Å². The second-order valence-electron chi connectivity index (χ2n) is 3.21. The monoisotopic (exact) mass is 236 g/mol. The molecule has 0 amide bonds. The second-order valence-corrected chi connectivity index (χ2v) is 3.59. The van der Waals surface area contributed by atoms with Crippen LogP contribution in [0.2, 0.25) is 5.02 Å². The molecule has 2 aromatic rings. The van der Waals surface area contributed by atoms with Gasteiger partial charge in [0.2, 0.25) is 0 Å². The molecule has 16 heavy (non-hydrogen) atoms. The Bertz CT molecular complexity index is 569. The van der Waals surface area contributed by atoms with E-state index in [0.717, 1.165) is 0 Å². The molecule has 0 bridgehead atoms. The fourth-order valence-corrected chi connectivity index (χ4v) is 1.74. The Kier molecular flexibility index (Phi) is 2.66. The van der Waals surface area contributed by atoms with Gasteiger partial charge >= 0.3 is 5.97 Å². The number of anilines is 1. The second kappa shape index (κ2) is 3.98. The Balaban J connectivity index is 2.78. The van der Waals surface area contributed by atoms with Crippen molar-refractivity contribution in [1.82, 2.24) is 4.98 Å². The van der Waals surface area contributed by atoms with Crippen LogP contribution in [0.1, 0.15) is 10.4 Å². The van der Waals surface area contributed by atoms with E-state index in [-0.39, 0.29) is 11.3 Å². The van der Waals surface area contributed by atoms with Crippen LogP contribution < -0.4 is 5.73 Å². The average Bonchev–Trinajstić information content (AvgIpc) is 2.33. The lowest BCUT2D eigenvalue weighted by Crippen LogP contribution is -2.06. The first-order chi connectivity index (χ1) is 7.65. The third-order valence-electron chi connectivity index (χ3n) is 2.29. The van der Waals surface area contributed by atoms with Crippen molar-refractivity contribution < 1.29 is 9.53 Å². The Morgan fingerprint density at radius 2 is 2.31 bits per heavy atom. The van der Waals surface area contributed by atoms with Gasteiger partial charge in [0.15, 0.2) is 0 Å². The molecule has 1 aromatic carbocycles. The number of benzene rings is 1. The molecule has 1 heterocycles. The first-order valence-electron chi connectivity index (χ1n) is 4.56. The summed E-state index contributed by atoms with van der Waals surface area (Å²) in [5.74, 6) is -0.521. The van der Waals surface area contributed by atoms with Crippen LogP contribution >= 0.6 is 11.6 Å². The van der Waals surface area contributed by atoms with Crippen molar-refractivity contribution >= 4 is 34.2 Å². The number of ether oxygens (including phenoxy) is 1. The number of pyridine rings is 1. The number of carbonyl (C=O) groups is 1. The predicted octanol–water partition coefficient (Wildman–Crippen LogP) is 2.26. The van der Waals surface area contributed by atoms with Gasteiger partial charge in [-0.1, -0.05) is 11.6 Å². The zero-order valence-corrected chi connectivity index (χ0v) is 9.28. The number of nitrogen functional groups attached to an aromatic ring is 1. The lowest BCUT2D eigenvalue weighted by molar-refractivity contribution is 0.0602. The average molecular weight is 237 g/mol. The van der Waals surface area contributed by atoms with E-state index in [1.807, 2.05) is 0 Å². The molecule has 2 N–H and O–H groups in total. The molecule has 0 atom stereocenters. The minimum atomic E-state index is -0.521. The van der Waals surface area contributed by atoms with Crippen molar-refractivity contribution in [2.24, 2.45) is 0 Å². The van der Waals surface area contributed by atoms with Gasteiger partial charge < -0.3 is 10.5 Å². The molecule has 5 heteroatoms. The fourth-order valence-electron chi connectivity index (χ4n) is 1.47. The normalized spacial score (nSPS) is 10.4. The van der Waals surface area contributed by atoms with Gasteiger partial charge in [-0.15, -0.1) is 0 Å². The maximum atomic E-state index is 11.4. The molecule has 0 spiro atoms. The van der Waals surface area contributed by atoms with Gasteiger partial charge in [-0.3, -0.25) is 4.98 Å². The molecule has 0 saturated carbocycles. The maximum absolute atomic E-state index is 11.4. The minimum absolute atomic E-state index is 0.217. The highest BCUT2D eigenvalue weighted by atomic mass is 35.5.